The molecule has 7 heteroatoms. The summed E-state index contributed by atoms with van der Waals surface area (Å²) in [6, 6.07) is 6.27. The molecule has 4 rings (SSSR count). The summed E-state index contributed by atoms with van der Waals surface area (Å²) in [6.45, 7) is 13.6. The average molecular weight is 411 g/mol. The van der Waals surface area contributed by atoms with E-state index in [1.54, 1.807) is 6.20 Å². The molecule has 0 radical (unpaired) electrons. The van der Waals surface area contributed by atoms with Crippen molar-refractivity contribution in [2.24, 2.45) is 5.92 Å². The quantitative estimate of drug-likeness (QED) is 0.757. The molecule has 2 saturated heterocycles. The smallest absolute Gasteiger partial charge is 0.227 e. The summed E-state index contributed by atoms with van der Waals surface area (Å²) in [4.78, 5) is 28.9. The molecule has 0 aliphatic carbocycles. The van der Waals surface area contributed by atoms with Crippen LogP contribution in [0.4, 0.5) is 5.95 Å². The van der Waals surface area contributed by atoms with Crippen molar-refractivity contribution < 1.29 is 4.79 Å². The molecule has 2 aromatic heterocycles. The lowest BCUT2D eigenvalue weighted by molar-refractivity contribution is -0.137. The average Bonchev–Trinajstić information content (AvgIpc) is 3.09. The summed E-state index contributed by atoms with van der Waals surface area (Å²) < 4.78 is 2.38. The maximum absolute atomic E-state index is 13.2. The van der Waals surface area contributed by atoms with E-state index in [0.717, 1.165) is 76.8 Å². The first-order chi connectivity index (χ1) is 14.5. The van der Waals surface area contributed by atoms with Gasteiger partial charge in [-0.25, -0.2) is 9.97 Å². The summed E-state index contributed by atoms with van der Waals surface area (Å²) in [6.07, 6.45) is 3.79. The number of rotatable bonds is 5. The largest absolute Gasteiger partial charge is 0.348 e. The van der Waals surface area contributed by atoms with E-state index in [-0.39, 0.29) is 5.92 Å². The maximum atomic E-state index is 13.2. The van der Waals surface area contributed by atoms with E-state index >= 15 is 0 Å². The number of carbonyl (C=O) groups is 1. The first-order valence-corrected chi connectivity index (χ1v) is 11.2. The van der Waals surface area contributed by atoms with E-state index in [9.17, 15) is 4.79 Å². The number of aromatic nitrogens is 3. The van der Waals surface area contributed by atoms with Gasteiger partial charge in [-0.1, -0.05) is 0 Å². The zero-order valence-electron chi connectivity index (χ0n) is 18.5. The molecule has 0 aromatic carbocycles. The van der Waals surface area contributed by atoms with Crippen LogP contribution in [0.5, 0.6) is 0 Å². The Morgan fingerprint density at radius 2 is 1.73 bits per heavy atom. The molecular formula is C23H34N6O. The summed E-state index contributed by atoms with van der Waals surface area (Å²) in [5.41, 5.74) is 3.61. The molecule has 4 heterocycles. The molecule has 1 unspecified atom stereocenters. The van der Waals surface area contributed by atoms with Gasteiger partial charge in [0, 0.05) is 75.6 Å². The molecule has 1 atom stereocenters. The van der Waals surface area contributed by atoms with Crippen LogP contribution >= 0.6 is 0 Å². The van der Waals surface area contributed by atoms with Crippen molar-refractivity contribution in [3.05, 3.63) is 41.5 Å². The molecule has 2 aliphatic rings. The van der Waals surface area contributed by atoms with Crippen molar-refractivity contribution >= 4 is 11.9 Å². The van der Waals surface area contributed by atoms with Crippen molar-refractivity contribution in [1.29, 1.82) is 0 Å². The van der Waals surface area contributed by atoms with Gasteiger partial charge >= 0.3 is 0 Å². The van der Waals surface area contributed by atoms with E-state index in [1.165, 1.54) is 11.4 Å². The fourth-order valence-electron chi connectivity index (χ4n) is 4.69. The molecule has 1 amide bonds. The topological polar surface area (TPSA) is 57.5 Å². The number of hydrogen-bond acceptors (Lipinski definition) is 5. The Morgan fingerprint density at radius 3 is 2.43 bits per heavy atom. The van der Waals surface area contributed by atoms with Gasteiger partial charge in [0.25, 0.3) is 0 Å². The summed E-state index contributed by atoms with van der Waals surface area (Å²) in [5.74, 6) is 1.12. The van der Waals surface area contributed by atoms with Crippen molar-refractivity contribution in [2.45, 2.75) is 40.2 Å². The van der Waals surface area contributed by atoms with Crippen molar-refractivity contribution in [3.8, 4) is 0 Å². The molecule has 30 heavy (non-hydrogen) atoms. The lowest BCUT2D eigenvalue weighted by Crippen LogP contribution is -2.53. The molecule has 2 aromatic rings. The standard InChI is InChI=1S/C23H34N6O/c1-18-8-9-24-23(25-18)28-10-4-5-21(17-28)22(30)27-14-11-26(12-15-27)13-16-29-19(2)6-7-20(29)3/h6-9,21H,4-5,10-17H2,1-3H3. The number of aryl methyl sites for hydroxylation is 3. The van der Waals surface area contributed by atoms with Crippen LogP contribution in [-0.4, -0.2) is 76.1 Å². The van der Waals surface area contributed by atoms with E-state index in [2.05, 4.69) is 55.2 Å². The van der Waals surface area contributed by atoms with Crippen LogP contribution in [0.15, 0.2) is 24.4 Å². The predicted molar refractivity (Wildman–Crippen MR) is 119 cm³/mol. The van der Waals surface area contributed by atoms with Crippen molar-refractivity contribution in [2.75, 3.05) is 50.7 Å². The first-order valence-electron chi connectivity index (χ1n) is 11.2. The number of piperazine rings is 1. The van der Waals surface area contributed by atoms with Crippen molar-refractivity contribution in [3.63, 3.8) is 0 Å². The highest BCUT2D eigenvalue weighted by Gasteiger charge is 2.31. The maximum Gasteiger partial charge on any atom is 0.227 e. The molecule has 0 bridgehead atoms. The predicted octanol–water partition coefficient (Wildman–Crippen LogP) is 2.26. The van der Waals surface area contributed by atoms with Gasteiger partial charge in [0.2, 0.25) is 11.9 Å². The molecule has 0 N–H and O–H groups in total. The van der Waals surface area contributed by atoms with Gasteiger partial charge in [-0.15, -0.1) is 0 Å². The van der Waals surface area contributed by atoms with Crippen LogP contribution in [0.3, 0.4) is 0 Å². The second-order valence-electron chi connectivity index (χ2n) is 8.72. The van der Waals surface area contributed by atoms with Crippen molar-refractivity contribution in [1.82, 2.24) is 24.3 Å². The number of piperidine rings is 1. The molecular weight excluding hydrogens is 376 g/mol. The zero-order chi connectivity index (χ0) is 21.1. The molecule has 2 fully saturated rings. The van der Waals surface area contributed by atoms with Crippen LogP contribution in [0.2, 0.25) is 0 Å². The normalized spacial score (nSPS) is 20.6. The van der Waals surface area contributed by atoms with Gasteiger partial charge in [0.15, 0.2) is 0 Å². The minimum absolute atomic E-state index is 0.0552. The Labute approximate surface area is 179 Å². The van der Waals surface area contributed by atoms with Gasteiger partial charge in [0.05, 0.1) is 5.92 Å². The fourth-order valence-corrected chi connectivity index (χ4v) is 4.69. The minimum atomic E-state index is 0.0552. The van der Waals surface area contributed by atoms with Crippen LogP contribution in [0.1, 0.15) is 29.9 Å². The van der Waals surface area contributed by atoms with E-state index < -0.39 is 0 Å². The highest BCUT2D eigenvalue weighted by atomic mass is 16.2. The SMILES string of the molecule is Cc1ccnc(N2CCCC(C(=O)N3CCN(CCn4c(C)ccc4C)CC3)C2)n1. The minimum Gasteiger partial charge on any atom is -0.348 e. The number of anilines is 1. The van der Waals surface area contributed by atoms with Gasteiger partial charge in [0.1, 0.15) is 0 Å². The fraction of sp³-hybridized carbons (Fsp3) is 0.609. The highest BCUT2D eigenvalue weighted by Crippen LogP contribution is 2.23. The first kappa shape index (κ1) is 20.8. The number of carbonyl (C=O) groups excluding carboxylic acids is 1. The summed E-state index contributed by atoms with van der Waals surface area (Å²) >= 11 is 0. The van der Waals surface area contributed by atoms with Gasteiger partial charge in [-0.3, -0.25) is 9.69 Å². The second kappa shape index (κ2) is 9.16. The van der Waals surface area contributed by atoms with E-state index in [1.807, 2.05) is 13.0 Å². The molecule has 162 valence electrons. The van der Waals surface area contributed by atoms with Gasteiger partial charge in [-0.05, 0) is 51.8 Å². The van der Waals surface area contributed by atoms with Crippen LogP contribution in [0, 0.1) is 26.7 Å². The Morgan fingerprint density at radius 1 is 1.00 bits per heavy atom. The zero-order valence-corrected chi connectivity index (χ0v) is 18.5. The molecule has 0 saturated carbocycles. The van der Waals surface area contributed by atoms with Crippen LogP contribution in [0.25, 0.3) is 0 Å². The summed E-state index contributed by atoms with van der Waals surface area (Å²) in [7, 11) is 0. The van der Waals surface area contributed by atoms with Crippen LogP contribution < -0.4 is 4.90 Å². The van der Waals surface area contributed by atoms with Gasteiger partial charge < -0.3 is 14.4 Å². The Bertz CT molecular complexity index is 851. The number of amides is 1. The number of hydrogen-bond donors (Lipinski definition) is 0. The third kappa shape index (κ3) is 4.67. The Kier molecular flexibility index (Phi) is 6.37. The Hall–Kier alpha value is -2.41. The lowest BCUT2D eigenvalue weighted by Gasteiger charge is -2.39. The molecule has 2 aliphatic heterocycles. The third-order valence-electron chi connectivity index (χ3n) is 6.58. The number of nitrogens with zero attached hydrogens (tertiary/aromatic N) is 6. The van der Waals surface area contributed by atoms with E-state index in [4.69, 9.17) is 0 Å². The monoisotopic (exact) mass is 410 g/mol. The second-order valence-corrected chi connectivity index (χ2v) is 8.72. The summed E-state index contributed by atoms with van der Waals surface area (Å²) in [5, 5.41) is 0. The van der Waals surface area contributed by atoms with Gasteiger partial charge in [-0.2, -0.15) is 0 Å². The van der Waals surface area contributed by atoms with E-state index in [0.29, 0.717) is 5.91 Å². The third-order valence-corrected chi connectivity index (χ3v) is 6.58. The molecule has 0 spiro atoms. The Balaban J connectivity index is 1.27. The molecule has 7 nitrogen and oxygen atoms in total. The van der Waals surface area contributed by atoms with Crippen LogP contribution in [-0.2, 0) is 11.3 Å². The highest BCUT2D eigenvalue weighted by molar-refractivity contribution is 5.79. The lowest BCUT2D eigenvalue weighted by atomic mass is 9.96.